The molecule has 2 aliphatic rings. The summed E-state index contributed by atoms with van der Waals surface area (Å²) in [6.07, 6.45) is -1.49. The van der Waals surface area contributed by atoms with Crippen molar-refractivity contribution in [3.63, 3.8) is 0 Å². The number of aliphatic hydroxyl groups is 6. The lowest BCUT2D eigenvalue weighted by atomic mass is 9.98. The van der Waals surface area contributed by atoms with Gasteiger partial charge in [0.1, 0.15) is 43.2 Å². The number of ether oxygens (including phenoxy) is 5. The maximum atomic E-state index is 12.9. The van der Waals surface area contributed by atoms with Gasteiger partial charge in [-0.2, -0.15) is 0 Å². The molecule has 2 saturated heterocycles. The normalized spacial score (nSPS) is 34.5. The van der Waals surface area contributed by atoms with Crippen LogP contribution in [0.5, 0.6) is 0 Å². The Labute approximate surface area is 237 Å². The number of rotatable bonds is 19. The van der Waals surface area contributed by atoms with Crippen LogP contribution in [0.25, 0.3) is 0 Å². The first-order chi connectivity index (χ1) is 19.1. The number of esters is 1. The zero-order valence-corrected chi connectivity index (χ0v) is 24.2. The van der Waals surface area contributed by atoms with Crippen molar-refractivity contribution in [3.05, 3.63) is 0 Å². The van der Waals surface area contributed by atoms with Crippen molar-refractivity contribution in [1.82, 2.24) is 0 Å². The number of unbranched alkanes of at least 4 members (excludes halogenated alkanes) is 8. The van der Waals surface area contributed by atoms with Crippen molar-refractivity contribution in [2.75, 3.05) is 26.4 Å². The molecule has 9 atom stereocenters. The topological polar surface area (TPSA) is 185 Å². The van der Waals surface area contributed by atoms with Crippen LogP contribution in [0.3, 0.4) is 0 Å². The second-order valence-electron chi connectivity index (χ2n) is 11.3. The molecule has 0 bridgehead atoms. The predicted molar refractivity (Wildman–Crippen MR) is 143 cm³/mol. The zero-order valence-electron chi connectivity index (χ0n) is 24.2. The molecule has 40 heavy (non-hydrogen) atoms. The molecule has 0 aromatic heterocycles. The van der Waals surface area contributed by atoms with E-state index in [9.17, 15) is 35.4 Å². The summed E-state index contributed by atoms with van der Waals surface area (Å²) in [5.41, 5.74) is 0. The lowest BCUT2D eigenvalue weighted by Crippen LogP contribution is -2.64. The van der Waals surface area contributed by atoms with Crippen LogP contribution < -0.4 is 0 Å². The Hall–Kier alpha value is -0.930. The van der Waals surface area contributed by atoms with Crippen molar-refractivity contribution in [2.24, 2.45) is 5.92 Å². The minimum absolute atomic E-state index is 0.0598. The molecule has 9 unspecified atom stereocenters. The van der Waals surface area contributed by atoms with Crippen LogP contribution in [0.2, 0.25) is 0 Å². The smallest absolute Gasteiger partial charge is 0.306 e. The largest absolute Gasteiger partial charge is 0.454 e. The van der Waals surface area contributed by atoms with Gasteiger partial charge in [0, 0.05) is 13.0 Å². The van der Waals surface area contributed by atoms with Crippen LogP contribution in [-0.4, -0.2) is 118 Å². The quantitative estimate of drug-likeness (QED) is 0.0932. The van der Waals surface area contributed by atoms with Gasteiger partial charge >= 0.3 is 5.97 Å². The molecular formula is C28H52O12. The number of hydrogen-bond donors (Lipinski definition) is 6. The van der Waals surface area contributed by atoms with Crippen LogP contribution in [0.4, 0.5) is 0 Å². The fourth-order valence-corrected chi connectivity index (χ4v) is 5.01. The molecule has 0 aromatic carbocycles. The first kappa shape index (κ1) is 35.3. The third-order valence-corrected chi connectivity index (χ3v) is 7.39. The minimum atomic E-state index is -2.23. The van der Waals surface area contributed by atoms with Gasteiger partial charge in [0.05, 0.1) is 13.2 Å². The molecule has 2 rings (SSSR count). The maximum absolute atomic E-state index is 12.9. The average Bonchev–Trinajstić information content (AvgIpc) is 3.18. The molecule has 0 aliphatic carbocycles. The summed E-state index contributed by atoms with van der Waals surface area (Å²) in [5.74, 6) is -2.74. The van der Waals surface area contributed by atoms with Crippen molar-refractivity contribution in [1.29, 1.82) is 0 Å². The molecule has 0 amide bonds. The van der Waals surface area contributed by atoms with Gasteiger partial charge in [0.15, 0.2) is 6.10 Å². The molecule has 0 aromatic rings. The number of carbonyl (C=O) groups excluding carboxylic acids is 1. The van der Waals surface area contributed by atoms with E-state index in [1.54, 1.807) is 0 Å². The van der Waals surface area contributed by atoms with Gasteiger partial charge in [-0.25, -0.2) is 0 Å². The third-order valence-electron chi connectivity index (χ3n) is 7.39. The molecule has 2 fully saturated rings. The van der Waals surface area contributed by atoms with Crippen LogP contribution in [0, 0.1) is 5.92 Å². The molecule has 0 radical (unpaired) electrons. The summed E-state index contributed by atoms with van der Waals surface area (Å²) in [6.45, 7) is 3.94. The van der Waals surface area contributed by atoms with Crippen LogP contribution in [-0.2, 0) is 28.5 Å². The molecular weight excluding hydrogens is 528 g/mol. The Morgan fingerprint density at radius 1 is 0.850 bits per heavy atom. The summed E-state index contributed by atoms with van der Waals surface area (Å²) >= 11 is 0. The first-order valence-corrected chi connectivity index (χ1v) is 14.8. The Bertz CT molecular complexity index is 709. The highest BCUT2D eigenvalue weighted by Crippen LogP contribution is 2.37. The van der Waals surface area contributed by atoms with E-state index in [0.717, 1.165) is 19.3 Å². The Kier molecular flexibility index (Phi) is 15.8. The Morgan fingerprint density at radius 2 is 1.45 bits per heavy atom. The van der Waals surface area contributed by atoms with E-state index in [1.165, 1.54) is 32.1 Å². The maximum Gasteiger partial charge on any atom is 0.306 e. The monoisotopic (exact) mass is 580 g/mol. The number of aliphatic hydroxyl groups excluding tert-OH is 6. The van der Waals surface area contributed by atoms with E-state index >= 15 is 0 Å². The van der Waals surface area contributed by atoms with Gasteiger partial charge in [0.25, 0.3) is 0 Å². The van der Waals surface area contributed by atoms with E-state index in [-0.39, 0.29) is 18.9 Å². The Morgan fingerprint density at radius 3 is 1.98 bits per heavy atom. The van der Waals surface area contributed by atoms with Gasteiger partial charge in [-0.1, -0.05) is 72.1 Å². The molecule has 2 heterocycles. The van der Waals surface area contributed by atoms with Crippen LogP contribution in [0.1, 0.15) is 85.0 Å². The summed E-state index contributed by atoms with van der Waals surface area (Å²) in [4.78, 5) is 12.9. The fourth-order valence-electron chi connectivity index (χ4n) is 5.01. The van der Waals surface area contributed by atoms with Crippen LogP contribution in [0.15, 0.2) is 0 Å². The van der Waals surface area contributed by atoms with E-state index in [0.29, 0.717) is 6.42 Å². The van der Waals surface area contributed by atoms with E-state index < -0.39 is 80.6 Å². The highest BCUT2D eigenvalue weighted by Gasteiger charge is 2.59. The minimum Gasteiger partial charge on any atom is -0.454 e. The highest BCUT2D eigenvalue weighted by molar-refractivity contribution is 5.69. The summed E-state index contributed by atoms with van der Waals surface area (Å²) in [5, 5.41) is 61.2. The Balaban J connectivity index is 2.11. The lowest BCUT2D eigenvalue weighted by Gasteiger charge is -2.46. The summed E-state index contributed by atoms with van der Waals surface area (Å²) < 4.78 is 28.6. The molecule has 236 valence electrons. The van der Waals surface area contributed by atoms with Gasteiger partial charge in [-0.3, -0.25) is 4.79 Å². The lowest BCUT2D eigenvalue weighted by molar-refractivity contribution is -0.386. The summed E-state index contributed by atoms with van der Waals surface area (Å²) in [6, 6.07) is 0. The molecule has 12 heteroatoms. The molecule has 6 N–H and O–H groups in total. The van der Waals surface area contributed by atoms with E-state index in [2.05, 4.69) is 6.92 Å². The number of carbonyl (C=O) groups is 1. The highest BCUT2D eigenvalue weighted by atomic mass is 16.8. The average molecular weight is 581 g/mol. The molecule has 2 aliphatic heterocycles. The summed E-state index contributed by atoms with van der Waals surface area (Å²) in [7, 11) is 0. The second-order valence-corrected chi connectivity index (χ2v) is 11.3. The van der Waals surface area contributed by atoms with Gasteiger partial charge < -0.3 is 54.3 Å². The first-order valence-electron chi connectivity index (χ1n) is 14.8. The van der Waals surface area contributed by atoms with E-state index in [1.807, 2.05) is 13.8 Å². The SMILES string of the molecule is CCCCCCCCCCCC(=O)OC1C(OC2(CO)OC(CO)C(O)C2O)OC(CO)C(O)C1OCC(C)C. The number of hydrogen-bond acceptors (Lipinski definition) is 12. The van der Waals surface area contributed by atoms with Gasteiger partial charge in [0.2, 0.25) is 12.1 Å². The molecule has 12 nitrogen and oxygen atoms in total. The van der Waals surface area contributed by atoms with Crippen molar-refractivity contribution < 1.29 is 59.1 Å². The van der Waals surface area contributed by atoms with Crippen molar-refractivity contribution >= 4 is 5.97 Å². The van der Waals surface area contributed by atoms with Gasteiger partial charge in [-0.15, -0.1) is 0 Å². The van der Waals surface area contributed by atoms with E-state index in [4.69, 9.17) is 23.7 Å². The molecule has 0 saturated carbocycles. The molecule has 0 spiro atoms. The third kappa shape index (κ3) is 9.82. The fraction of sp³-hybridized carbons (Fsp3) is 0.964. The van der Waals surface area contributed by atoms with Crippen molar-refractivity contribution in [2.45, 2.75) is 140 Å². The predicted octanol–water partition coefficient (Wildman–Crippen LogP) is 0.757. The standard InChI is InChI=1S/C28H52O12/c1-4-5-6-7-8-9-10-11-12-13-21(32)38-25-24(36-16-18(2)3)22(33)19(14-29)37-27(25)40-28(17-31)26(35)23(34)20(15-30)39-28/h18-20,22-27,29-31,33-35H,4-17H2,1-3H3. The zero-order chi connectivity index (χ0) is 29.7. The van der Waals surface area contributed by atoms with Crippen molar-refractivity contribution in [3.8, 4) is 0 Å². The van der Waals surface area contributed by atoms with Gasteiger partial charge in [-0.05, 0) is 12.3 Å². The van der Waals surface area contributed by atoms with Crippen LogP contribution >= 0.6 is 0 Å². The second kappa shape index (κ2) is 17.9.